The average molecular weight is 413 g/mol. The molecule has 8 heteroatoms. The van der Waals surface area contributed by atoms with E-state index in [4.69, 9.17) is 0 Å². The fraction of sp³-hybridized carbons (Fsp3) is 0.200. The number of aromatic nitrogens is 3. The highest BCUT2D eigenvalue weighted by molar-refractivity contribution is 7.89. The Bertz CT molecular complexity index is 1190. The van der Waals surface area contributed by atoms with Gasteiger partial charge in [0.25, 0.3) is 0 Å². The zero-order chi connectivity index (χ0) is 19.7. The maximum Gasteiger partial charge on any atom is 0.244 e. The van der Waals surface area contributed by atoms with Gasteiger partial charge in [0, 0.05) is 6.54 Å². The van der Waals surface area contributed by atoms with Gasteiger partial charge in [0.2, 0.25) is 15.2 Å². The summed E-state index contributed by atoms with van der Waals surface area (Å²) in [6.07, 6.45) is 0.629. The van der Waals surface area contributed by atoms with Crippen molar-refractivity contribution in [3.8, 4) is 5.13 Å². The minimum absolute atomic E-state index is 0.222. The molecule has 0 spiro atoms. The van der Waals surface area contributed by atoms with Crippen LogP contribution >= 0.6 is 11.3 Å². The Kier molecular flexibility index (Phi) is 5.01. The Morgan fingerprint density at radius 2 is 1.75 bits per heavy atom. The van der Waals surface area contributed by atoms with Crippen LogP contribution in [-0.4, -0.2) is 29.7 Å². The van der Waals surface area contributed by atoms with E-state index < -0.39 is 10.0 Å². The number of aryl methyl sites for hydroxylation is 1. The van der Waals surface area contributed by atoms with Gasteiger partial charge in [0.1, 0.15) is 4.90 Å². The fourth-order valence-electron chi connectivity index (χ4n) is 3.20. The molecule has 4 rings (SSSR count). The summed E-state index contributed by atoms with van der Waals surface area (Å²) in [6.45, 7) is 3.80. The summed E-state index contributed by atoms with van der Waals surface area (Å²) >= 11 is 1.49. The Morgan fingerprint density at radius 3 is 2.50 bits per heavy atom. The number of rotatable bonds is 6. The molecule has 0 atom stereocenters. The third kappa shape index (κ3) is 3.58. The Morgan fingerprint density at radius 1 is 1.04 bits per heavy atom. The van der Waals surface area contributed by atoms with Crippen molar-refractivity contribution in [1.29, 1.82) is 0 Å². The molecule has 0 fully saturated rings. The first kappa shape index (κ1) is 18.8. The standard InChI is InChI=1S/C20H20N4O2S2/c1-14-19(28(25,26)21-13-12-16-8-4-3-5-9-16)15(2)24(23-14)20-22-17-10-6-7-11-18(17)27-20/h3-11,21H,12-13H2,1-2H3. The summed E-state index contributed by atoms with van der Waals surface area (Å²) in [5, 5.41) is 5.11. The first-order valence-electron chi connectivity index (χ1n) is 8.91. The number of hydrogen-bond donors (Lipinski definition) is 1. The van der Waals surface area contributed by atoms with Crippen LogP contribution in [0.4, 0.5) is 0 Å². The van der Waals surface area contributed by atoms with E-state index in [-0.39, 0.29) is 4.90 Å². The normalized spacial score (nSPS) is 11.9. The van der Waals surface area contributed by atoms with Gasteiger partial charge in [-0.05, 0) is 38.0 Å². The van der Waals surface area contributed by atoms with E-state index in [1.54, 1.807) is 18.5 Å². The molecular formula is C20H20N4O2S2. The molecule has 0 aliphatic rings. The zero-order valence-electron chi connectivity index (χ0n) is 15.6. The van der Waals surface area contributed by atoms with Crippen molar-refractivity contribution in [2.75, 3.05) is 6.54 Å². The average Bonchev–Trinajstić information content (AvgIpc) is 3.23. The monoisotopic (exact) mass is 412 g/mol. The molecule has 28 heavy (non-hydrogen) atoms. The molecule has 0 saturated heterocycles. The van der Waals surface area contributed by atoms with Gasteiger partial charge in [-0.3, -0.25) is 0 Å². The molecule has 4 aromatic rings. The predicted octanol–water partition coefficient (Wildman–Crippen LogP) is 3.62. The quantitative estimate of drug-likeness (QED) is 0.525. The van der Waals surface area contributed by atoms with E-state index in [1.165, 1.54) is 11.3 Å². The first-order valence-corrected chi connectivity index (χ1v) is 11.2. The molecule has 0 aliphatic heterocycles. The third-order valence-electron chi connectivity index (χ3n) is 4.51. The second-order valence-electron chi connectivity index (χ2n) is 6.51. The molecule has 0 bridgehead atoms. The summed E-state index contributed by atoms with van der Waals surface area (Å²) < 4.78 is 31.2. The lowest BCUT2D eigenvalue weighted by Crippen LogP contribution is -2.27. The van der Waals surface area contributed by atoms with Crippen LogP contribution in [0.2, 0.25) is 0 Å². The predicted molar refractivity (Wildman–Crippen MR) is 112 cm³/mol. The van der Waals surface area contributed by atoms with Gasteiger partial charge in [-0.15, -0.1) is 0 Å². The van der Waals surface area contributed by atoms with Crippen LogP contribution in [0.25, 0.3) is 15.3 Å². The smallest absolute Gasteiger partial charge is 0.218 e. The van der Waals surface area contributed by atoms with Crippen LogP contribution in [0.5, 0.6) is 0 Å². The van der Waals surface area contributed by atoms with Crippen molar-refractivity contribution in [3.05, 3.63) is 71.5 Å². The van der Waals surface area contributed by atoms with Crippen LogP contribution in [0, 0.1) is 13.8 Å². The number of benzene rings is 2. The number of nitrogens with zero attached hydrogens (tertiary/aromatic N) is 3. The van der Waals surface area contributed by atoms with Crippen molar-refractivity contribution < 1.29 is 8.42 Å². The number of thiazole rings is 1. The van der Waals surface area contributed by atoms with Gasteiger partial charge in [-0.1, -0.05) is 53.8 Å². The number of fused-ring (bicyclic) bond motifs is 1. The molecule has 0 aliphatic carbocycles. The van der Waals surface area contributed by atoms with Crippen molar-refractivity contribution in [1.82, 2.24) is 19.5 Å². The van der Waals surface area contributed by atoms with Crippen molar-refractivity contribution in [3.63, 3.8) is 0 Å². The lowest BCUT2D eigenvalue weighted by atomic mass is 10.2. The summed E-state index contributed by atoms with van der Waals surface area (Å²) in [4.78, 5) is 4.81. The summed E-state index contributed by atoms with van der Waals surface area (Å²) in [6, 6.07) is 17.6. The molecule has 6 nitrogen and oxygen atoms in total. The molecule has 0 unspecified atom stereocenters. The third-order valence-corrected chi connectivity index (χ3v) is 7.23. The topological polar surface area (TPSA) is 76.9 Å². The first-order chi connectivity index (χ1) is 13.5. The van der Waals surface area contributed by atoms with Crippen molar-refractivity contribution in [2.45, 2.75) is 25.2 Å². The van der Waals surface area contributed by atoms with Gasteiger partial charge < -0.3 is 0 Å². The minimum atomic E-state index is -3.67. The highest BCUT2D eigenvalue weighted by Crippen LogP contribution is 2.28. The molecule has 2 heterocycles. The Hall–Kier alpha value is -2.55. The van der Waals surface area contributed by atoms with Crippen LogP contribution in [-0.2, 0) is 16.4 Å². The fourth-order valence-corrected chi connectivity index (χ4v) is 5.59. The largest absolute Gasteiger partial charge is 0.244 e. The number of sulfonamides is 1. The molecule has 0 radical (unpaired) electrons. The minimum Gasteiger partial charge on any atom is -0.218 e. The van der Waals surface area contributed by atoms with E-state index in [1.807, 2.05) is 54.6 Å². The molecule has 2 aromatic heterocycles. The van der Waals surface area contributed by atoms with Gasteiger partial charge in [0.15, 0.2) is 0 Å². The summed E-state index contributed by atoms with van der Waals surface area (Å²) in [5.41, 5.74) is 2.98. The van der Waals surface area contributed by atoms with Gasteiger partial charge in [-0.25, -0.2) is 22.8 Å². The second-order valence-corrected chi connectivity index (χ2v) is 9.22. The molecule has 144 valence electrons. The van der Waals surface area contributed by atoms with Crippen LogP contribution in [0.15, 0.2) is 59.5 Å². The molecule has 1 N–H and O–H groups in total. The highest BCUT2D eigenvalue weighted by Gasteiger charge is 2.25. The van der Waals surface area contributed by atoms with Crippen molar-refractivity contribution >= 4 is 31.6 Å². The number of para-hydroxylation sites is 1. The van der Waals surface area contributed by atoms with Crippen LogP contribution in [0.3, 0.4) is 0 Å². The molecule has 0 saturated carbocycles. The van der Waals surface area contributed by atoms with E-state index in [2.05, 4.69) is 14.8 Å². The molecule has 2 aromatic carbocycles. The van der Waals surface area contributed by atoms with Gasteiger partial charge in [-0.2, -0.15) is 5.10 Å². The van der Waals surface area contributed by atoms with E-state index in [0.29, 0.717) is 29.5 Å². The maximum absolute atomic E-state index is 12.9. The maximum atomic E-state index is 12.9. The molecule has 0 amide bonds. The summed E-state index contributed by atoms with van der Waals surface area (Å²) in [5.74, 6) is 0. The van der Waals surface area contributed by atoms with E-state index >= 15 is 0 Å². The van der Waals surface area contributed by atoms with Crippen molar-refractivity contribution in [2.24, 2.45) is 0 Å². The Balaban J connectivity index is 1.60. The Labute approximate surface area is 167 Å². The van der Waals surface area contributed by atoms with E-state index in [9.17, 15) is 8.42 Å². The number of hydrogen-bond acceptors (Lipinski definition) is 5. The SMILES string of the molecule is Cc1nn(-c2nc3ccccc3s2)c(C)c1S(=O)(=O)NCCc1ccccc1. The van der Waals surface area contributed by atoms with Crippen LogP contribution in [0.1, 0.15) is 17.0 Å². The number of nitrogens with one attached hydrogen (secondary N) is 1. The molecular weight excluding hydrogens is 392 g/mol. The second kappa shape index (κ2) is 7.46. The lowest BCUT2D eigenvalue weighted by molar-refractivity contribution is 0.580. The van der Waals surface area contributed by atoms with Gasteiger partial charge in [0.05, 0.1) is 21.6 Å². The lowest BCUT2D eigenvalue weighted by Gasteiger charge is -2.07. The highest BCUT2D eigenvalue weighted by atomic mass is 32.2. The van der Waals surface area contributed by atoms with Gasteiger partial charge >= 0.3 is 0 Å². The zero-order valence-corrected chi connectivity index (χ0v) is 17.2. The summed E-state index contributed by atoms with van der Waals surface area (Å²) in [7, 11) is -3.67. The van der Waals surface area contributed by atoms with E-state index in [0.717, 1.165) is 15.8 Å². The van der Waals surface area contributed by atoms with Crippen LogP contribution < -0.4 is 4.72 Å².